The first-order valence-corrected chi connectivity index (χ1v) is 7.67. The van der Waals surface area contributed by atoms with Gasteiger partial charge in [0.1, 0.15) is 5.82 Å². The highest BCUT2D eigenvalue weighted by molar-refractivity contribution is 6.30. The Labute approximate surface area is 139 Å². The standard InChI is InChI=1S/C19H14ClN3/c1-13-11-18(15-5-3-2-4-6-15)23-19(22-13)17(12-21-23)14-7-9-16(20)10-8-14/h2-12,22H,1H2. The summed E-state index contributed by atoms with van der Waals surface area (Å²) in [6, 6.07) is 17.9. The molecule has 0 spiro atoms. The zero-order valence-electron chi connectivity index (χ0n) is 12.3. The van der Waals surface area contributed by atoms with Crippen LogP contribution in [0.4, 0.5) is 5.82 Å². The molecule has 0 radical (unpaired) electrons. The quantitative estimate of drug-likeness (QED) is 0.717. The minimum atomic E-state index is 0.719. The largest absolute Gasteiger partial charge is 0.340 e. The second kappa shape index (κ2) is 5.45. The van der Waals surface area contributed by atoms with Crippen molar-refractivity contribution in [1.82, 2.24) is 9.78 Å². The summed E-state index contributed by atoms with van der Waals surface area (Å²) < 4.78 is 1.91. The highest BCUT2D eigenvalue weighted by atomic mass is 35.5. The van der Waals surface area contributed by atoms with Crippen LogP contribution in [0, 0.1) is 0 Å². The van der Waals surface area contributed by atoms with Crippen LogP contribution in [0.1, 0.15) is 5.56 Å². The molecule has 0 saturated heterocycles. The van der Waals surface area contributed by atoms with Crippen LogP contribution >= 0.6 is 11.6 Å². The molecule has 0 saturated carbocycles. The Kier molecular flexibility index (Phi) is 3.28. The van der Waals surface area contributed by atoms with E-state index in [0.29, 0.717) is 0 Å². The molecule has 2 aromatic carbocycles. The summed E-state index contributed by atoms with van der Waals surface area (Å²) in [5.74, 6) is 0.915. The van der Waals surface area contributed by atoms with Crippen LogP contribution in [0.3, 0.4) is 0 Å². The molecule has 23 heavy (non-hydrogen) atoms. The zero-order chi connectivity index (χ0) is 15.8. The molecule has 3 aromatic rings. The Bertz CT molecular complexity index is 906. The molecule has 0 fully saturated rings. The topological polar surface area (TPSA) is 29.9 Å². The van der Waals surface area contributed by atoms with E-state index in [4.69, 9.17) is 11.6 Å². The molecule has 3 nitrogen and oxygen atoms in total. The van der Waals surface area contributed by atoms with Gasteiger partial charge in [0.2, 0.25) is 0 Å². The van der Waals surface area contributed by atoms with Crippen molar-refractivity contribution < 1.29 is 0 Å². The monoisotopic (exact) mass is 319 g/mol. The van der Waals surface area contributed by atoms with E-state index in [0.717, 1.165) is 38.9 Å². The Balaban J connectivity index is 1.85. The minimum Gasteiger partial charge on any atom is -0.340 e. The van der Waals surface area contributed by atoms with Gasteiger partial charge in [0.25, 0.3) is 0 Å². The third-order valence-electron chi connectivity index (χ3n) is 3.81. The summed E-state index contributed by atoms with van der Waals surface area (Å²) in [5.41, 5.74) is 5.02. The van der Waals surface area contributed by atoms with Gasteiger partial charge >= 0.3 is 0 Å². The second-order valence-corrected chi connectivity index (χ2v) is 5.81. The fourth-order valence-electron chi connectivity index (χ4n) is 2.72. The van der Waals surface area contributed by atoms with E-state index in [1.54, 1.807) is 0 Å². The maximum Gasteiger partial charge on any atom is 0.142 e. The van der Waals surface area contributed by atoms with Gasteiger partial charge in [0.05, 0.1) is 11.9 Å². The molecule has 0 aliphatic carbocycles. The predicted octanol–water partition coefficient (Wildman–Crippen LogP) is 5.03. The predicted molar refractivity (Wildman–Crippen MR) is 95.3 cm³/mol. The number of rotatable bonds is 2. The average molecular weight is 320 g/mol. The molecule has 4 heteroatoms. The van der Waals surface area contributed by atoms with Crippen molar-refractivity contribution in [2.75, 3.05) is 5.32 Å². The van der Waals surface area contributed by atoms with E-state index in [2.05, 4.69) is 29.1 Å². The highest BCUT2D eigenvalue weighted by Gasteiger charge is 2.20. The van der Waals surface area contributed by atoms with Crippen LogP contribution in [0.2, 0.25) is 5.02 Å². The van der Waals surface area contributed by atoms with Crippen molar-refractivity contribution in [1.29, 1.82) is 0 Å². The lowest BCUT2D eigenvalue weighted by Crippen LogP contribution is -2.13. The van der Waals surface area contributed by atoms with E-state index in [1.165, 1.54) is 0 Å². The van der Waals surface area contributed by atoms with Crippen molar-refractivity contribution in [2.45, 2.75) is 0 Å². The number of halogens is 1. The molecule has 4 rings (SSSR count). The molecule has 112 valence electrons. The second-order valence-electron chi connectivity index (χ2n) is 5.37. The van der Waals surface area contributed by atoms with Crippen LogP contribution < -0.4 is 5.32 Å². The van der Waals surface area contributed by atoms with Crippen LogP contribution in [-0.2, 0) is 0 Å². The Morgan fingerprint density at radius 2 is 1.70 bits per heavy atom. The van der Waals surface area contributed by atoms with Crippen molar-refractivity contribution in [2.24, 2.45) is 0 Å². The van der Waals surface area contributed by atoms with Gasteiger partial charge in [-0.05, 0) is 23.8 Å². The number of hydrogen-bond acceptors (Lipinski definition) is 2. The van der Waals surface area contributed by atoms with E-state index in [9.17, 15) is 0 Å². The Morgan fingerprint density at radius 1 is 0.957 bits per heavy atom. The molecular weight excluding hydrogens is 306 g/mol. The number of fused-ring (bicyclic) bond motifs is 1. The fourth-order valence-corrected chi connectivity index (χ4v) is 2.85. The summed E-state index contributed by atoms with van der Waals surface area (Å²) in [5, 5.41) is 8.60. The van der Waals surface area contributed by atoms with Gasteiger partial charge in [-0.15, -0.1) is 0 Å². The first-order chi connectivity index (χ1) is 11.2. The number of benzene rings is 2. The molecule has 1 aliphatic rings. The summed E-state index contributed by atoms with van der Waals surface area (Å²) in [6.45, 7) is 4.07. The van der Waals surface area contributed by atoms with Gasteiger partial charge in [0.15, 0.2) is 0 Å². The molecule has 0 amide bonds. The third-order valence-corrected chi connectivity index (χ3v) is 4.06. The smallest absolute Gasteiger partial charge is 0.142 e. The maximum absolute atomic E-state index is 5.98. The van der Waals surface area contributed by atoms with Crippen LogP contribution in [-0.4, -0.2) is 9.78 Å². The molecule has 1 aromatic heterocycles. The Hall–Kier alpha value is -2.78. The van der Waals surface area contributed by atoms with Gasteiger partial charge in [0, 0.05) is 21.8 Å². The number of hydrogen-bond donors (Lipinski definition) is 1. The summed E-state index contributed by atoms with van der Waals surface area (Å²) >= 11 is 5.98. The van der Waals surface area contributed by atoms with Crippen LogP contribution in [0.25, 0.3) is 16.8 Å². The highest BCUT2D eigenvalue weighted by Crippen LogP contribution is 2.35. The molecule has 0 bridgehead atoms. The molecular formula is C19H14ClN3. The van der Waals surface area contributed by atoms with Gasteiger partial charge in [-0.3, -0.25) is 0 Å². The third kappa shape index (κ3) is 2.45. The molecule has 1 aliphatic heterocycles. The first-order valence-electron chi connectivity index (χ1n) is 7.30. The van der Waals surface area contributed by atoms with Gasteiger partial charge in [-0.25, -0.2) is 4.68 Å². The number of nitrogens with one attached hydrogen (secondary N) is 1. The van der Waals surface area contributed by atoms with Crippen molar-refractivity contribution in [3.63, 3.8) is 0 Å². The first kappa shape index (κ1) is 13.9. The molecule has 1 N–H and O–H groups in total. The van der Waals surface area contributed by atoms with E-state index < -0.39 is 0 Å². The van der Waals surface area contributed by atoms with Gasteiger partial charge < -0.3 is 5.32 Å². The lowest BCUT2D eigenvalue weighted by Gasteiger charge is -2.20. The average Bonchev–Trinajstić information content (AvgIpc) is 2.99. The summed E-state index contributed by atoms with van der Waals surface area (Å²) in [4.78, 5) is 0. The number of anilines is 1. The van der Waals surface area contributed by atoms with E-state index in [-0.39, 0.29) is 0 Å². The van der Waals surface area contributed by atoms with Gasteiger partial charge in [-0.1, -0.05) is 60.6 Å². The number of nitrogens with zero attached hydrogens (tertiary/aromatic N) is 2. The van der Waals surface area contributed by atoms with Crippen molar-refractivity contribution >= 4 is 23.1 Å². The maximum atomic E-state index is 5.98. The molecule has 0 unspecified atom stereocenters. The fraction of sp³-hybridized carbons (Fsp3) is 0. The van der Waals surface area contributed by atoms with Crippen molar-refractivity contribution in [3.05, 3.63) is 89.7 Å². The summed E-state index contributed by atoms with van der Waals surface area (Å²) in [7, 11) is 0. The number of aromatic nitrogens is 2. The lowest BCUT2D eigenvalue weighted by atomic mass is 10.1. The zero-order valence-corrected chi connectivity index (χ0v) is 13.1. The normalized spacial score (nSPS) is 13.3. The SMILES string of the molecule is C=C1C=C(c2ccccc2)n2ncc(-c3ccc(Cl)cc3)c2N1. The molecule has 0 atom stereocenters. The number of allylic oxidation sites excluding steroid dienone is 1. The summed E-state index contributed by atoms with van der Waals surface area (Å²) in [6.07, 6.45) is 3.86. The molecule has 2 heterocycles. The van der Waals surface area contributed by atoms with Crippen LogP contribution in [0.5, 0.6) is 0 Å². The van der Waals surface area contributed by atoms with Crippen LogP contribution in [0.15, 0.2) is 79.1 Å². The Morgan fingerprint density at radius 3 is 2.43 bits per heavy atom. The van der Waals surface area contributed by atoms with Gasteiger partial charge in [-0.2, -0.15) is 5.10 Å². The lowest BCUT2D eigenvalue weighted by molar-refractivity contribution is 0.898. The van der Waals surface area contributed by atoms with E-state index in [1.807, 2.05) is 59.4 Å². The minimum absolute atomic E-state index is 0.719. The van der Waals surface area contributed by atoms with Crippen molar-refractivity contribution in [3.8, 4) is 11.1 Å². The van der Waals surface area contributed by atoms with E-state index >= 15 is 0 Å².